The van der Waals surface area contributed by atoms with Crippen molar-refractivity contribution < 1.29 is 12.6 Å². The van der Waals surface area contributed by atoms with Crippen LogP contribution in [0.2, 0.25) is 0 Å². The van der Waals surface area contributed by atoms with Gasteiger partial charge in [0.1, 0.15) is 5.75 Å². The molecular weight excluding hydrogens is 212 g/mol. The molecule has 0 saturated carbocycles. The molecule has 0 aliphatic rings. The first kappa shape index (κ1) is 12.4. The third kappa shape index (κ3) is 4.26. The maximum atomic E-state index is 10.9. The van der Waals surface area contributed by atoms with Crippen LogP contribution in [-0.2, 0) is 20.1 Å². The summed E-state index contributed by atoms with van der Waals surface area (Å²) < 4.78 is 26.2. The Labute approximate surface area is 84.3 Å². The second-order valence-electron chi connectivity index (χ2n) is 2.35. The fraction of sp³-hybridized carbons (Fsp3) is 0.250. The highest BCUT2D eigenvalue weighted by Crippen LogP contribution is 2.05. The highest BCUT2D eigenvalue weighted by Gasteiger charge is 2.08. The molecule has 0 atom stereocenters. The Morgan fingerprint density at radius 2 is 1.77 bits per heavy atom. The van der Waals surface area contributed by atoms with Crippen LogP contribution < -0.4 is 0 Å². The molecule has 0 amide bonds. The minimum Gasteiger partial charge on any atom is -0.273 e. The topological polar surface area (TPSA) is 43.4 Å². The first-order valence-electron chi connectivity index (χ1n) is 3.46. The highest BCUT2D eigenvalue weighted by atomic mass is 35.5. The van der Waals surface area contributed by atoms with Crippen molar-refractivity contribution in [1.29, 1.82) is 0 Å². The Morgan fingerprint density at radius 3 is 2.23 bits per heavy atom. The fourth-order valence-corrected chi connectivity index (χ4v) is 1.56. The summed E-state index contributed by atoms with van der Waals surface area (Å²) in [4.78, 5) is 0. The maximum absolute atomic E-state index is 10.9. The molecule has 0 fully saturated rings. The van der Waals surface area contributed by atoms with E-state index >= 15 is 0 Å². The van der Waals surface area contributed by atoms with E-state index in [1.807, 2.05) is 6.07 Å². The number of rotatable bonds is 3. The van der Waals surface area contributed by atoms with Gasteiger partial charge in [0.15, 0.2) is 0 Å². The van der Waals surface area contributed by atoms with Crippen LogP contribution in [0.25, 0.3) is 0 Å². The molecule has 0 N–H and O–H groups in total. The molecule has 0 bridgehead atoms. The third-order valence-electron chi connectivity index (χ3n) is 1.44. The SMILES string of the molecule is COS(=O)(=O)Cc1ccccc1.Cl. The van der Waals surface area contributed by atoms with E-state index in [1.54, 1.807) is 24.3 Å². The maximum Gasteiger partial charge on any atom is 0.271 e. The van der Waals surface area contributed by atoms with Crippen LogP contribution in [0.15, 0.2) is 30.3 Å². The number of hydrogen-bond donors (Lipinski definition) is 0. The van der Waals surface area contributed by atoms with Gasteiger partial charge in [-0.15, -0.1) is 12.4 Å². The van der Waals surface area contributed by atoms with Gasteiger partial charge < -0.3 is 0 Å². The van der Waals surface area contributed by atoms with E-state index in [0.717, 1.165) is 12.7 Å². The molecule has 0 aliphatic heterocycles. The minimum absolute atomic E-state index is 0. The van der Waals surface area contributed by atoms with E-state index in [9.17, 15) is 8.42 Å². The Hall–Kier alpha value is -0.580. The second kappa shape index (κ2) is 5.21. The standard InChI is InChI=1S/C8H10O3S.ClH/c1-11-12(9,10)7-8-5-3-2-4-6-8;/h2-6H,7H2,1H3;1H. The molecule has 5 heteroatoms. The summed E-state index contributed by atoms with van der Waals surface area (Å²) in [5, 5.41) is 0. The van der Waals surface area contributed by atoms with Crippen LogP contribution in [0.4, 0.5) is 0 Å². The molecule has 13 heavy (non-hydrogen) atoms. The molecule has 0 aliphatic carbocycles. The zero-order valence-electron chi connectivity index (χ0n) is 7.14. The lowest BCUT2D eigenvalue weighted by atomic mass is 10.2. The number of halogens is 1. The third-order valence-corrected chi connectivity index (χ3v) is 2.63. The van der Waals surface area contributed by atoms with Crippen LogP contribution in [-0.4, -0.2) is 15.5 Å². The first-order chi connectivity index (χ1) is 5.64. The van der Waals surface area contributed by atoms with Crippen LogP contribution in [0, 0.1) is 0 Å². The van der Waals surface area contributed by atoms with E-state index in [2.05, 4.69) is 4.18 Å². The Bertz CT molecular complexity index is 334. The summed E-state index contributed by atoms with van der Waals surface area (Å²) in [6.45, 7) is 0. The van der Waals surface area contributed by atoms with E-state index in [4.69, 9.17) is 0 Å². The van der Waals surface area contributed by atoms with Crippen molar-refractivity contribution >= 4 is 22.5 Å². The van der Waals surface area contributed by atoms with Crippen molar-refractivity contribution in [2.24, 2.45) is 0 Å². The van der Waals surface area contributed by atoms with Gasteiger partial charge in [-0.25, -0.2) is 0 Å². The number of benzene rings is 1. The molecule has 1 aromatic carbocycles. The Balaban J connectivity index is 0.00000144. The van der Waals surface area contributed by atoms with Crippen molar-refractivity contribution in [3.05, 3.63) is 35.9 Å². The zero-order valence-corrected chi connectivity index (χ0v) is 8.77. The van der Waals surface area contributed by atoms with Gasteiger partial charge in [0.2, 0.25) is 0 Å². The summed E-state index contributed by atoms with van der Waals surface area (Å²) in [5.41, 5.74) is 0.736. The lowest BCUT2D eigenvalue weighted by molar-refractivity contribution is 0.397. The Kier molecular flexibility index (Phi) is 4.98. The van der Waals surface area contributed by atoms with Crippen LogP contribution >= 0.6 is 12.4 Å². The molecule has 0 radical (unpaired) electrons. The summed E-state index contributed by atoms with van der Waals surface area (Å²) in [5.74, 6) is -0.0651. The van der Waals surface area contributed by atoms with Gasteiger partial charge in [-0.1, -0.05) is 30.3 Å². The molecule has 74 valence electrons. The molecule has 0 spiro atoms. The first-order valence-corrected chi connectivity index (χ1v) is 5.04. The smallest absolute Gasteiger partial charge is 0.271 e. The van der Waals surface area contributed by atoms with Crippen LogP contribution in [0.1, 0.15) is 5.56 Å². The molecule has 0 saturated heterocycles. The highest BCUT2D eigenvalue weighted by molar-refractivity contribution is 7.85. The van der Waals surface area contributed by atoms with E-state index in [-0.39, 0.29) is 18.2 Å². The summed E-state index contributed by atoms with van der Waals surface area (Å²) in [6, 6.07) is 8.91. The lowest BCUT2D eigenvalue weighted by Gasteiger charge is -1.99. The monoisotopic (exact) mass is 222 g/mol. The average Bonchev–Trinajstić information content (AvgIpc) is 2.06. The van der Waals surface area contributed by atoms with Crippen molar-refractivity contribution in [1.82, 2.24) is 0 Å². The minimum atomic E-state index is -3.37. The van der Waals surface area contributed by atoms with Gasteiger partial charge in [0.05, 0.1) is 7.11 Å². The van der Waals surface area contributed by atoms with E-state index in [0.29, 0.717) is 0 Å². The fourth-order valence-electron chi connectivity index (χ4n) is 0.837. The molecule has 1 rings (SSSR count). The number of hydrogen-bond acceptors (Lipinski definition) is 3. The van der Waals surface area contributed by atoms with Gasteiger partial charge >= 0.3 is 0 Å². The van der Waals surface area contributed by atoms with Gasteiger partial charge in [0.25, 0.3) is 10.1 Å². The van der Waals surface area contributed by atoms with Gasteiger partial charge in [-0.05, 0) is 5.56 Å². The molecular formula is C8H11ClO3S. The van der Waals surface area contributed by atoms with Gasteiger partial charge in [-0.3, -0.25) is 4.18 Å². The van der Waals surface area contributed by atoms with Gasteiger partial charge in [-0.2, -0.15) is 8.42 Å². The molecule has 1 aromatic rings. The van der Waals surface area contributed by atoms with E-state index < -0.39 is 10.1 Å². The summed E-state index contributed by atoms with van der Waals surface area (Å²) >= 11 is 0. The summed E-state index contributed by atoms with van der Waals surface area (Å²) in [6.07, 6.45) is 0. The van der Waals surface area contributed by atoms with Crippen molar-refractivity contribution in [3.8, 4) is 0 Å². The zero-order chi connectivity index (χ0) is 9.03. The molecule has 0 aromatic heterocycles. The van der Waals surface area contributed by atoms with Gasteiger partial charge in [0, 0.05) is 0 Å². The Morgan fingerprint density at radius 1 is 1.23 bits per heavy atom. The quantitative estimate of drug-likeness (QED) is 0.730. The second-order valence-corrected chi connectivity index (χ2v) is 4.09. The predicted octanol–water partition coefficient (Wildman–Crippen LogP) is 1.58. The lowest BCUT2D eigenvalue weighted by Crippen LogP contribution is -2.05. The largest absolute Gasteiger partial charge is 0.273 e. The van der Waals surface area contributed by atoms with Crippen molar-refractivity contribution in [2.45, 2.75) is 5.75 Å². The molecule has 0 heterocycles. The average molecular weight is 223 g/mol. The normalized spacial score (nSPS) is 10.5. The van der Waals surface area contributed by atoms with Crippen LogP contribution in [0.3, 0.4) is 0 Å². The summed E-state index contributed by atoms with van der Waals surface area (Å²) in [7, 11) is -2.21. The van der Waals surface area contributed by atoms with E-state index in [1.165, 1.54) is 0 Å². The molecule has 3 nitrogen and oxygen atoms in total. The predicted molar refractivity (Wildman–Crippen MR) is 53.3 cm³/mol. The van der Waals surface area contributed by atoms with Crippen molar-refractivity contribution in [2.75, 3.05) is 7.11 Å². The van der Waals surface area contributed by atoms with Crippen molar-refractivity contribution in [3.63, 3.8) is 0 Å². The molecule has 0 unspecified atom stereocenters. The van der Waals surface area contributed by atoms with Crippen LogP contribution in [0.5, 0.6) is 0 Å².